The van der Waals surface area contributed by atoms with Crippen molar-refractivity contribution in [1.82, 2.24) is 9.55 Å². The molecule has 1 heterocycles. The van der Waals surface area contributed by atoms with E-state index in [2.05, 4.69) is 38.0 Å². The van der Waals surface area contributed by atoms with Crippen LogP contribution in [0.15, 0.2) is 52.1 Å². The number of rotatable bonds is 5. The highest BCUT2D eigenvalue weighted by Crippen LogP contribution is 2.32. The van der Waals surface area contributed by atoms with E-state index in [4.69, 9.17) is 0 Å². The van der Waals surface area contributed by atoms with Crippen LogP contribution in [0, 0.1) is 0 Å². The van der Waals surface area contributed by atoms with Gasteiger partial charge in [0.15, 0.2) is 0 Å². The van der Waals surface area contributed by atoms with Gasteiger partial charge in [-0.15, -0.1) is 0 Å². The van der Waals surface area contributed by atoms with E-state index in [9.17, 15) is 14.4 Å². The number of amides is 1. The van der Waals surface area contributed by atoms with E-state index in [0.29, 0.717) is 11.0 Å². The van der Waals surface area contributed by atoms with Crippen LogP contribution in [0.5, 0.6) is 0 Å². The SMILES string of the molecule is CC(C)c1cccc(C(C)C)c1NC(=O)Cn1c(=O)c(=O)[nH]c2ccccc21. The maximum atomic E-state index is 12.9. The Morgan fingerprint density at radius 2 is 1.57 bits per heavy atom. The van der Waals surface area contributed by atoms with Gasteiger partial charge >= 0.3 is 11.1 Å². The van der Waals surface area contributed by atoms with E-state index in [1.54, 1.807) is 24.3 Å². The number of nitrogens with one attached hydrogen (secondary N) is 2. The first-order valence-electron chi connectivity index (χ1n) is 9.44. The highest BCUT2D eigenvalue weighted by atomic mass is 16.2. The smallest absolute Gasteiger partial charge is 0.317 e. The minimum absolute atomic E-state index is 0.229. The molecule has 0 saturated heterocycles. The quantitative estimate of drug-likeness (QED) is 0.665. The lowest BCUT2D eigenvalue weighted by Gasteiger charge is -2.20. The predicted octanol–water partition coefficient (Wildman–Crippen LogP) is 3.58. The molecule has 1 aromatic heterocycles. The number of para-hydroxylation sites is 3. The lowest BCUT2D eigenvalue weighted by Crippen LogP contribution is -2.39. The zero-order valence-electron chi connectivity index (χ0n) is 16.6. The lowest BCUT2D eigenvalue weighted by molar-refractivity contribution is -0.116. The number of nitrogens with zero attached hydrogens (tertiary/aromatic N) is 1. The Morgan fingerprint density at radius 3 is 2.18 bits per heavy atom. The number of H-pyrrole nitrogens is 1. The minimum atomic E-state index is -0.741. The number of hydrogen-bond donors (Lipinski definition) is 2. The van der Waals surface area contributed by atoms with Crippen molar-refractivity contribution in [2.45, 2.75) is 46.1 Å². The van der Waals surface area contributed by atoms with Crippen molar-refractivity contribution in [3.63, 3.8) is 0 Å². The highest BCUT2D eigenvalue weighted by molar-refractivity contribution is 5.93. The van der Waals surface area contributed by atoms with Gasteiger partial charge in [0.25, 0.3) is 0 Å². The molecule has 0 spiro atoms. The molecule has 0 aliphatic heterocycles. The van der Waals surface area contributed by atoms with Gasteiger partial charge in [-0.25, -0.2) is 0 Å². The van der Waals surface area contributed by atoms with E-state index in [1.807, 2.05) is 18.2 Å². The molecule has 28 heavy (non-hydrogen) atoms. The van der Waals surface area contributed by atoms with Gasteiger partial charge < -0.3 is 10.3 Å². The number of anilines is 1. The Morgan fingerprint density at radius 1 is 0.964 bits per heavy atom. The van der Waals surface area contributed by atoms with Crippen molar-refractivity contribution in [3.05, 3.63) is 74.3 Å². The summed E-state index contributed by atoms with van der Waals surface area (Å²) in [6, 6.07) is 12.9. The van der Waals surface area contributed by atoms with Crippen LogP contribution in [0.25, 0.3) is 11.0 Å². The number of hydrogen-bond acceptors (Lipinski definition) is 3. The van der Waals surface area contributed by atoms with E-state index in [1.165, 1.54) is 4.57 Å². The molecule has 0 atom stereocenters. The monoisotopic (exact) mass is 379 g/mol. The lowest BCUT2D eigenvalue weighted by atomic mass is 9.92. The molecule has 146 valence electrons. The number of carbonyl (C=O) groups is 1. The molecular formula is C22H25N3O3. The van der Waals surface area contributed by atoms with Crippen molar-refractivity contribution in [1.29, 1.82) is 0 Å². The van der Waals surface area contributed by atoms with E-state index < -0.39 is 11.1 Å². The van der Waals surface area contributed by atoms with Crippen molar-refractivity contribution in [2.24, 2.45) is 0 Å². The molecule has 2 aromatic carbocycles. The first-order valence-corrected chi connectivity index (χ1v) is 9.44. The zero-order valence-corrected chi connectivity index (χ0v) is 16.6. The van der Waals surface area contributed by atoms with E-state index >= 15 is 0 Å². The summed E-state index contributed by atoms with van der Waals surface area (Å²) >= 11 is 0. The molecule has 1 amide bonds. The minimum Gasteiger partial charge on any atom is -0.324 e. The van der Waals surface area contributed by atoms with Gasteiger partial charge in [-0.1, -0.05) is 58.0 Å². The number of benzene rings is 2. The van der Waals surface area contributed by atoms with Crippen molar-refractivity contribution >= 4 is 22.6 Å². The molecule has 3 rings (SSSR count). The van der Waals surface area contributed by atoms with Gasteiger partial charge in [-0.05, 0) is 35.1 Å². The van der Waals surface area contributed by atoms with Gasteiger partial charge in [0, 0.05) is 5.69 Å². The van der Waals surface area contributed by atoms with Gasteiger partial charge in [0.1, 0.15) is 6.54 Å². The summed E-state index contributed by atoms with van der Waals surface area (Å²) in [5, 5.41) is 2.99. The molecule has 0 fully saturated rings. The van der Waals surface area contributed by atoms with Gasteiger partial charge in [0.05, 0.1) is 11.0 Å². The molecule has 0 radical (unpaired) electrons. The maximum absolute atomic E-state index is 12.9. The Labute approximate surface area is 163 Å². The average Bonchev–Trinajstić information content (AvgIpc) is 2.65. The summed E-state index contributed by atoms with van der Waals surface area (Å²) in [7, 11) is 0. The third-order valence-corrected chi connectivity index (χ3v) is 4.82. The largest absolute Gasteiger partial charge is 0.324 e. The number of aromatic amines is 1. The van der Waals surface area contributed by atoms with E-state index in [-0.39, 0.29) is 24.3 Å². The van der Waals surface area contributed by atoms with Gasteiger partial charge in [-0.2, -0.15) is 0 Å². The molecule has 2 N–H and O–H groups in total. The highest BCUT2D eigenvalue weighted by Gasteiger charge is 2.17. The average molecular weight is 379 g/mol. The third kappa shape index (κ3) is 3.76. The van der Waals surface area contributed by atoms with Crippen molar-refractivity contribution in [3.8, 4) is 0 Å². The third-order valence-electron chi connectivity index (χ3n) is 4.82. The Kier molecular flexibility index (Phi) is 5.49. The predicted molar refractivity (Wildman–Crippen MR) is 112 cm³/mol. The van der Waals surface area contributed by atoms with Crippen LogP contribution in [-0.2, 0) is 11.3 Å². The second kappa shape index (κ2) is 7.84. The van der Waals surface area contributed by atoms with Crippen LogP contribution in [0.1, 0.15) is 50.7 Å². The molecule has 6 nitrogen and oxygen atoms in total. The molecule has 0 aliphatic rings. The normalized spacial score (nSPS) is 11.4. The maximum Gasteiger partial charge on any atom is 0.317 e. The molecule has 0 aliphatic carbocycles. The second-order valence-corrected chi connectivity index (χ2v) is 7.53. The Hall–Kier alpha value is -3.15. The van der Waals surface area contributed by atoms with Crippen molar-refractivity contribution in [2.75, 3.05) is 5.32 Å². The first-order chi connectivity index (χ1) is 13.3. The molecule has 6 heteroatoms. The second-order valence-electron chi connectivity index (χ2n) is 7.53. The van der Waals surface area contributed by atoms with E-state index in [0.717, 1.165) is 16.8 Å². The molecule has 0 bridgehead atoms. The number of carbonyl (C=O) groups excluding carboxylic acids is 1. The van der Waals surface area contributed by atoms with Crippen LogP contribution in [0.2, 0.25) is 0 Å². The first kappa shape index (κ1) is 19.6. The summed E-state index contributed by atoms with van der Waals surface area (Å²) in [6.07, 6.45) is 0. The summed E-state index contributed by atoms with van der Waals surface area (Å²) in [5.74, 6) is 0.127. The summed E-state index contributed by atoms with van der Waals surface area (Å²) < 4.78 is 1.22. The van der Waals surface area contributed by atoms with Crippen LogP contribution in [-0.4, -0.2) is 15.5 Å². The fourth-order valence-electron chi connectivity index (χ4n) is 3.40. The Bertz CT molecular complexity index is 1110. The van der Waals surface area contributed by atoms with Crippen LogP contribution in [0.4, 0.5) is 5.69 Å². The fraction of sp³-hybridized carbons (Fsp3) is 0.318. The van der Waals surface area contributed by atoms with Crippen LogP contribution < -0.4 is 16.4 Å². The molecule has 0 saturated carbocycles. The zero-order chi connectivity index (χ0) is 20.4. The fourth-order valence-corrected chi connectivity index (χ4v) is 3.40. The summed E-state index contributed by atoms with van der Waals surface area (Å²) in [4.78, 5) is 39.7. The Balaban J connectivity index is 2.01. The van der Waals surface area contributed by atoms with Crippen LogP contribution >= 0.6 is 0 Å². The van der Waals surface area contributed by atoms with Crippen LogP contribution in [0.3, 0.4) is 0 Å². The standard InChI is InChI=1S/C22H25N3O3/c1-13(2)15-8-7-9-16(14(3)4)20(15)24-19(26)12-25-18-11-6-5-10-17(18)23-21(27)22(25)28/h5-11,13-14H,12H2,1-4H3,(H,23,27)(H,24,26). The summed E-state index contributed by atoms with van der Waals surface area (Å²) in [6.45, 7) is 8.06. The number of aromatic nitrogens is 2. The topological polar surface area (TPSA) is 84.0 Å². The van der Waals surface area contributed by atoms with Gasteiger partial charge in [0.2, 0.25) is 5.91 Å². The molecular weight excluding hydrogens is 354 g/mol. The number of fused-ring (bicyclic) bond motifs is 1. The van der Waals surface area contributed by atoms with Crippen molar-refractivity contribution < 1.29 is 4.79 Å². The van der Waals surface area contributed by atoms with Gasteiger partial charge in [-0.3, -0.25) is 19.0 Å². The molecule has 3 aromatic rings. The summed E-state index contributed by atoms with van der Waals surface area (Å²) in [5.41, 5.74) is 2.44. The molecule has 0 unspecified atom stereocenters.